The first-order valence-electron chi connectivity index (χ1n) is 14.9. The highest BCUT2D eigenvalue weighted by Gasteiger charge is 2.02. The third-order valence-electron chi connectivity index (χ3n) is 6.23. The molecule has 38 heavy (non-hydrogen) atoms. The summed E-state index contributed by atoms with van der Waals surface area (Å²) in [6.07, 6.45) is 18.8. The van der Waals surface area contributed by atoms with Gasteiger partial charge in [-0.05, 0) is 25.7 Å². The molecule has 0 radical (unpaired) electrons. The summed E-state index contributed by atoms with van der Waals surface area (Å²) in [6.45, 7) is 3.32. The Balaban J connectivity index is 3.20. The number of ether oxygens (including phenoxy) is 2. The highest BCUT2D eigenvalue weighted by molar-refractivity contribution is 5.78. The van der Waals surface area contributed by atoms with Crippen LogP contribution in [0.1, 0.15) is 122 Å². The molecule has 0 fully saturated rings. The van der Waals surface area contributed by atoms with Gasteiger partial charge >= 0.3 is 5.97 Å². The normalized spacial score (nSPS) is 10.8. The third-order valence-corrected chi connectivity index (χ3v) is 6.23. The lowest BCUT2D eigenvalue weighted by atomic mass is 10.0. The Bertz CT molecular complexity index is 587. The topological polar surface area (TPSA) is 131 Å². The van der Waals surface area contributed by atoms with Crippen LogP contribution < -0.4 is 10.6 Å². The van der Waals surface area contributed by atoms with Gasteiger partial charge in [-0.15, -0.1) is 0 Å². The number of carboxylic acid groups (broad SMARTS) is 1. The molecular formula is C29H54N2O7. The van der Waals surface area contributed by atoms with Crippen LogP contribution in [0.3, 0.4) is 0 Å². The molecule has 9 heteroatoms. The molecule has 0 bridgehead atoms. The number of carbonyl (C=O) groups excluding carboxylic acids is 3. The monoisotopic (exact) mass is 542 g/mol. The Morgan fingerprint density at radius 2 is 0.921 bits per heavy atom. The van der Waals surface area contributed by atoms with Crippen molar-refractivity contribution in [2.24, 2.45) is 0 Å². The molecule has 0 saturated carbocycles. The van der Waals surface area contributed by atoms with Gasteiger partial charge in [0.2, 0.25) is 11.8 Å². The average molecular weight is 543 g/mol. The van der Waals surface area contributed by atoms with E-state index in [-0.39, 0.29) is 24.7 Å². The first-order valence-corrected chi connectivity index (χ1v) is 14.9. The number of aldehydes is 1. The zero-order valence-electron chi connectivity index (χ0n) is 23.7. The van der Waals surface area contributed by atoms with Crippen LogP contribution in [0, 0.1) is 0 Å². The molecule has 2 amide bonds. The van der Waals surface area contributed by atoms with Gasteiger partial charge < -0.3 is 30.0 Å². The molecule has 0 aliphatic carbocycles. The minimum absolute atomic E-state index is 0.110. The number of hydrogen-bond donors (Lipinski definition) is 3. The number of carbonyl (C=O) groups is 4. The molecule has 0 aromatic heterocycles. The number of unbranched alkanes of at least 4 members (excludes halogenated alkanes) is 12. The van der Waals surface area contributed by atoms with Crippen LogP contribution in [-0.2, 0) is 28.7 Å². The lowest BCUT2D eigenvalue weighted by Gasteiger charge is -2.08. The second kappa shape index (κ2) is 29.6. The predicted octanol–water partition coefficient (Wildman–Crippen LogP) is 4.95. The van der Waals surface area contributed by atoms with Crippen LogP contribution in [0.2, 0.25) is 0 Å². The molecule has 0 unspecified atom stereocenters. The van der Waals surface area contributed by atoms with Gasteiger partial charge in [0, 0.05) is 52.0 Å². The fourth-order valence-electron chi connectivity index (χ4n) is 4.00. The van der Waals surface area contributed by atoms with E-state index in [0.717, 1.165) is 51.2 Å². The van der Waals surface area contributed by atoms with Gasteiger partial charge in [0.15, 0.2) is 0 Å². The van der Waals surface area contributed by atoms with E-state index in [1.165, 1.54) is 51.4 Å². The van der Waals surface area contributed by atoms with Crippen molar-refractivity contribution in [3.05, 3.63) is 0 Å². The lowest BCUT2D eigenvalue weighted by Crippen LogP contribution is -2.25. The molecule has 0 aliphatic rings. The van der Waals surface area contributed by atoms with E-state index < -0.39 is 5.97 Å². The van der Waals surface area contributed by atoms with Gasteiger partial charge in [0.25, 0.3) is 0 Å². The summed E-state index contributed by atoms with van der Waals surface area (Å²) in [4.78, 5) is 43.9. The van der Waals surface area contributed by atoms with E-state index in [2.05, 4.69) is 10.6 Å². The zero-order valence-corrected chi connectivity index (χ0v) is 23.7. The van der Waals surface area contributed by atoms with Crippen molar-refractivity contribution < 1.29 is 33.8 Å². The molecule has 0 aliphatic heterocycles. The fourth-order valence-corrected chi connectivity index (χ4v) is 4.00. The molecular weight excluding hydrogens is 488 g/mol. The number of amides is 2. The molecule has 9 nitrogen and oxygen atoms in total. The number of carboxylic acids is 1. The molecule has 222 valence electrons. The van der Waals surface area contributed by atoms with Gasteiger partial charge in [-0.3, -0.25) is 14.4 Å². The highest BCUT2D eigenvalue weighted by Crippen LogP contribution is 2.13. The van der Waals surface area contributed by atoms with E-state index >= 15 is 0 Å². The van der Waals surface area contributed by atoms with Crippen LogP contribution in [0.5, 0.6) is 0 Å². The summed E-state index contributed by atoms with van der Waals surface area (Å²) >= 11 is 0. The van der Waals surface area contributed by atoms with E-state index in [1.54, 1.807) is 0 Å². The van der Waals surface area contributed by atoms with Crippen molar-refractivity contribution in [2.45, 2.75) is 122 Å². The smallest absolute Gasteiger partial charge is 0.303 e. The lowest BCUT2D eigenvalue weighted by molar-refractivity contribution is -0.137. The Labute approximate surface area is 230 Å². The Morgan fingerprint density at radius 3 is 1.34 bits per heavy atom. The Hall–Kier alpha value is -2.00. The van der Waals surface area contributed by atoms with Gasteiger partial charge in [-0.2, -0.15) is 0 Å². The van der Waals surface area contributed by atoms with E-state index in [4.69, 9.17) is 14.6 Å². The SMILES string of the molecule is O=CCCC(=O)NCCCOCCOCCCNC(=O)CCCCCCCCCCCCCCCC(=O)O. The molecule has 3 N–H and O–H groups in total. The summed E-state index contributed by atoms with van der Waals surface area (Å²) in [5.41, 5.74) is 0. The maximum absolute atomic E-state index is 11.9. The number of hydrogen-bond acceptors (Lipinski definition) is 6. The van der Waals surface area contributed by atoms with Crippen LogP contribution in [-0.4, -0.2) is 68.7 Å². The van der Waals surface area contributed by atoms with Crippen molar-refractivity contribution in [3.63, 3.8) is 0 Å². The summed E-state index contributed by atoms with van der Waals surface area (Å²) in [6, 6.07) is 0. The molecule has 0 atom stereocenters. The van der Waals surface area contributed by atoms with E-state index in [1.807, 2.05) is 0 Å². The summed E-state index contributed by atoms with van der Waals surface area (Å²) in [5.74, 6) is -0.677. The first-order chi connectivity index (χ1) is 18.6. The zero-order chi connectivity index (χ0) is 27.9. The highest BCUT2D eigenvalue weighted by atomic mass is 16.5. The van der Waals surface area contributed by atoms with Gasteiger partial charge in [-0.1, -0.05) is 70.6 Å². The maximum Gasteiger partial charge on any atom is 0.303 e. The minimum atomic E-state index is -0.687. The number of rotatable bonds is 30. The second-order valence-corrected chi connectivity index (χ2v) is 9.83. The molecule has 0 aromatic rings. The van der Waals surface area contributed by atoms with Gasteiger partial charge in [0.1, 0.15) is 6.29 Å². The molecule has 0 heterocycles. The van der Waals surface area contributed by atoms with Crippen molar-refractivity contribution in [1.82, 2.24) is 10.6 Å². The van der Waals surface area contributed by atoms with Crippen molar-refractivity contribution in [2.75, 3.05) is 39.5 Å². The van der Waals surface area contributed by atoms with Gasteiger partial charge in [-0.25, -0.2) is 0 Å². The van der Waals surface area contributed by atoms with E-state index in [9.17, 15) is 19.2 Å². The predicted molar refractivity (Wildman–Crippen MR) is 149 cm³/mol. The molecule has 0 spiro atoms. The summed E-state index contributed by atoms with van der Waals surface area (Å²) in [5, 5.41) is 14.3. The Kier molecular flexibility index (Phi) is 28.0. The second-order valence-electron chi connectivity index (χ2n) is 9.83. The van der Waals surface area contributed by atoms with Crippen molar-refractivity contribution in [1.29, 1.82) is 0 Å². The average Bonchev–Trinajstić information content (AvgIpc) is 2.90. The fraction of sp³-hybridized carbons (Fsp3) is 0.862. The van der Waals surface area contributed by atoms with Crippen molar-refractivity contribution >= 4 is 24.1 Å². The maximum atomic E-state index is 11.9. The third kappa shape index (κ3) is 30.2. The summed E-state index contributed by atoms with van der Waals surface area (Å²) in [7, 11) is 0. The molecule has 0 saturated heterocycles. The molecule has 0 aromatic carbocycles. The van der Waals surface area contributed by atoms with Crippen LogP contribution in [0.25, 0.3) is 0 Å². The minimum Gasteiger partial charge on any atom is -0.481 e. The standard InChI is InChI=1S/C29H54N2O7/c32-22-14-18-28(34)31-21-16-24-38-26-25-37-23-15-20-30-27(33)17-12-10-8-6-4-2-1-3-5-7-9-11-13-19-29(35)36/h22H,1-21,23-26H2,(H,30,33)(H,31,34)(H,35,36). The van der Waals surface area contributed by atoms with Crippen LogP contribution in [0.4, 0.5) is 0 Å². The molecule has 0 rings (SSSR count). The van der Waals surface area contributed by atoms with Gasteiger partial charge in [0.05, 0.1) is 13.2 Å². The quantitative estimate of drug-likeness (QED) is 0.0865. The van der Waals surface area contributed by atoms with E-state index in [0.29, 0.717) is 52.4 Å². The summed E-state index contributed by atoms with van der Waals surface area (Å²) < 4.78 is 10.9. The van der Waals surface area contributed by atoms with Crippen LogP contribution >= 0.6 is 0 Å². The Morgan fingerprint density at radius 1 is 0.526 bits per heavy atom. The van der Waals surface area contributed by atoms with Crippen molar-refractivity contribution in [3.8, 4) is 0 Å². The number of nitrogens with one attached hydrogen (secondary N) is 2. The number of aliphatic carboxylic acids is 1. The van der Waals surface area contributed by atoms with Crippen LogP contribution in [0.15, 0.2) is 0 Å². The largest absolute Gasteiger partial charge is 0.481 e. The first kappa shape index (κ1) is 36.0.